The number of hydrogen-bond acceptors (Lipinski definition) is 3. The van der Waals surface area contributed by atoms with E-state index < -0.39 is 11.9 Å². The molecule has 0 aromatic carbocycles. The van der Waals surface area contributed by atoms with Gasteiger partial charge in [0.25, 0.3) is 0 Å². The number of carbonyl (C=O) groups is 2. The Bertz CT molecular complexity index is 207. The van der Waals surface area contributed by atoms with Crippen LogP contribution >= 0.6 is 0 Å². The molecule has 19 heavy (non-hydrogen) atoms. The molecule has 0 aliphatic carbocycles. The lowest BCUT2D eigenvalue weighted by molar-refractivity contribution is -0.138. The number of rotatable bonds is 13. The van der Waals surface area contributed by atoms with Gasteiger partial charge >= 0.3 is 11.9 Å². The van der Waals surface area contributed by atoms with Gasteiger partial charge in [-0.15, -0.1) is 0 Å². The average Bonchev–Trinajstić information content (AvgIpc) is 2.29. The first-order valence-electron chi connectivity index (χ1n) is 7.06. The molecule has 0 amide bonds. The van der Waals surface area contributed by atoms with Gasteiger partial charge in [-0.05, 0) is 12.8 Å². The lowest BCUT2D eigenvalue weighted by Gasteiger charge is -2.01. The molecule has 0 spiro atoms. The molecule has 0 aromatic heterocycles. The Morgan fingerprint density at radius 3 is 0.947 bits per heavy atom. The van der Waals surface area contributed by atoms with E-state index in [9.17, 15) is 9.59 Å². The van der Waals surface area contributed by atoms with Crippen LogP contribution in [0, 0.1) is 0 Å². The predicted molar refractivity (Wildman–Crippen MR) is 75.7 cm³/mol. The van der Waals surface area contributed by atoms with Gasteiger partial charge in [0.15, 0.2) is 0 Å². The summed E-state index contributed by atoms with van der Waals surface area (Å²) in [6.07, 6.45) is 11.3. The van der Waals surface area contributed by atoms with E-state index in [-0.39, 0.29) is 6.15 Å². The molecule has 0 saturated carbocycles. The van der Waals surface area contributed by atoms with Crippen LogP contribution in [0.2, 0.25) is 0 Å². The summed E-state index contributed by atoms with van der Waals surface area (Å²) in [5.41, 5.74) is 0. The smallest absolute Gasteiger partial charge is 0.303 e. The Kier molecular flexibility index (Phi) is 15.9. The van der Waals surface area contributed by atoms with Crippen LogP contribution in [-0.2, 0) is 9.59 Å². The van der Waals surface area contributed by atoms with Gasteiger partial charge in [0, 0.05) is 12.8 Å². The molecule has 0 radical (unpaired) electrons. The molecule has 0 heterocycles. The van der Waals surface area contributed by atoms with Crippen LogP contribution in [0.3, 0.4) is 0 Å². The summed E-state index contributed by atoms with van der Waals surface area (Å²) in [5.74, 6) is -1.40. The number of hydrogen-bond donors (Lipinski definition) is 3. The van der Waals surface area contributed by atoms with Crippen LogP contribution in [0.15, 0.2) is 0 Å². The number of carboxylic acid groups (broad SMARTS) is 2. The Morgan fingerprint density at radius 1 is 0.526 bits per heavy atom. The first-order chi connectivity index (χ1) is 8.63. The lowest BCUT2D eigenvalue weighted by Crippen LogP contribution is -1.93. The quantitative estimate of drug-likeness (QED) is 0.440. The molecule has 5 heteroatoms. The van der Waals surface area contributed by atoms with Crippen molar-refractivity contribution < 1.29 is 19.8 Å². The van der Waals surface area contributed by atoms with Crippen LogP contribution in [0.25, 0.3) is 0 Å². The molecule has 114 valence electrons. The van der Waals surface area contributed by atoms with E-state index in [1.54, 1.807) is 0 Å². The lowest BCUT2D eigenvalue weighted by atomic mass is 10.1. The Balaban J connectivity index is 0. The number of aliphatic carboxylic acids is 2. The van der Waals surface area contributed by atoms with E-state index >= 15 is 0 Å². The SMILES string of the molecule is N.O=C(O)CCCCCCCCCCCCC(=O)O. The summed E-state index contributed by atoms with van der Waals surface area (Å²) in [6, 6.07) is 0. The van der Waals surface area contributed by atoms with E-state index in [1.165, 1.54) is 25.7 Å². The highest BCUT2D eigenvalue weighted by Crippen LogP contribution is 2.11. The summed E-state index contributed by atoms with van der Waals surface area (Å²) in [5, 5.41) is 16.9. The first-order valence-corrected chi connectivity index (χ1v) is 7.06. The van der Waals surface area contributed by atoms with E-state index in [0.717, 1.165) is 38.5 Å². The Labute approximate surface area is 116 Å². The van der Waals surface area contributed by atoms with Crippen molar-refractivity contribution in [3.05, 3.63) is 0 Å². The predicted octanol–water partition coefficient (Wildman–Crippen LogP) is 4.00. The van der Waals surface area contributed by atoms with Crippen molar-refractivity contribution in [2.45, 2.75) is 77.0 Å². The summed E-state index contributed by atoms with van der Waals surface area (Å²) in [6.45, 7) is 0. The third-order valence-electron chi connectivity index (χ3n) is 3.03. The molecule has 0 aliphatic rings. The van der Waals surface area contributed by atoms with Crippen LogP contribution < -0.4 is 6.15 Å². The highest BCUT2D eigenvalue weighted by atomic mass is 16.4. The molecule has 0 aromatic rings. The van der Waals surface area contributed by atoms with Crippen molar-refractivity contribution in [2.24, 2.45) is 0 Å². The topological polar surface area (TPSA) is 110 Å². The fraction of sp³-hybridized carbons (Fsp3) is 0.857. The second-order valence-electron chi connectivity index (χ2n) is 4.82. The molecule has 5 N–H and O–H groups in total. The Morgan fingerprint density at radius 2 is 0.737 bits per heavy atom. The van der Waals surface area contributed by atoms with Gasteiger partial charge in [-0.1, -0.05) is 51.4 Å². The summed E-state index contributed by atoms with van der Waals surface area (Å²) in [7, 11) is 0. The Hall–Kier alpha value is -1.10. The molecule has 0 aliphatic heterocycles. The molecule has 0 bridgehead atoms. The zero-order chi connectivity index (χ0) is 13.6. The van der Waals surface area contributed by atoms with Crippen LogP contribution in [0.5, 0.6) is 0 Å². The zero-order valence-electron chi connectivity index (χ0n) is 11.9. The maximum atomic E-state index is 10.3. The molecule has 0 saturated heterocycles. The van der Waals surface area contributed by atoms with Gasteiger partial charge in [-0.3, -0.25) is 9.59 Å². The second kappa shape index (κ2) is 15.0. The maximum absolute atomic E-state index is 10.3. The minimum atomic E-state index is -0.698. The highest BCUT2D eigenvalue weighted by molar-refractivity contribution is 5.66. The average molecular weight is 275 g/mol. The summed E-state index contributed by atoms with van der Waals surface area (Å²) in [4.78, 5) is 20.5. The van der Waals surface area contributed by atoms with Gasteiger partial charge in [0.1, 0.15) is 0 Å². The monoisotopic (exact) mass is 275 g/mol. The molecule has 0 atom stereocenters. The van der Waals surface area contributed by atoms with Crippen molar-refractivity contribution in [2.75, 3.05) is 0 Å². The van der Waals surface area contributed by atoms with Gasteiger partial charge in [0.2, 0.25) is 0 Å². The zero-order valence-corrected chi connectivity index (χ0v) is 11.9. The van der Waals surface area contributed by atoms with Crippen molar-refractivity contribution in [1.82, 2.24) is 6.15 Å². The molecular formula is C14H29NO4. The van der Waals surface area contributed by atoms with E-state index in [2.05, 4.69) is 0 Å². The third kappa shape index (κ3) is 19.4. The molecular weight excluding hydrogens is 246 g/mol. The van der Waals surface area contributed by atoms with Gasteiger partial charge in [-0.2, -0.15) is 0 Å². The second-order valence-corrected chi connectivity index (χ2v) is 4.82. The summed E-state index contributed by atoms with van der Waals surface area (Å²) >= 11 is 0. The van der Waals surface area contributed by atoms with Gasteiger partial charge in [-0.25, -0.2) is 0 Å². The van der Waals surface area contributed by atoms with Crippen LogP contribution in [0.1, 0.15) is 77.0 Å². The standard InChI is InChI=1S/C14H26O4.H3N/c15-13(16)11-9-7-5-3-1-2-4-6-8-10-12-14(17)18;/h1-12H2,(H,15,16)(H,17,18);1H3. The molecule has 0 fully saturated rings. The fourth-order valence-electron chi connectivity index (χ4n) is 1.97. The van der Waals surface area contributed by atoms with E-state index in [4.69, 9.17) is 10.2 Å². The largest absolute Gasteiger partial charge is 0.481 e. The van der Waals surface area contributed by atoms with Gasteiger partial charge < -0.3 is 16.4 Å². The number of carboxylic acids is 2. The van der Waals surface area contributed by atoms with Gasteiger partial charge in [0.05, 0.1) is 0 Å². The van der Waals surface area contributed by atoms with Crippen molar-refractivity contribution in [3.8, 4) is 0 Å². The van der Waals surface area contributed by atoms with Crippen LogP contribution in [-0.4, -0.2) is 22.2 Å². The molecule has 5 nitrogen and oxygen atoms in total. The molecule has 0 rings (SSSR count). The highest BCUT2D eigenvalue weighted by Gasteiger charge is 1.98. The maximum Gasteiger partial charge on any atom is 0.303 e. The molecule has 0 unspecified atom stereocenters. The minimum Gasteiger partial charge on any atom is -0.481 e. The minimum absolute atomic E-state index is 0. The fourth-order valence-corrected chi connectivity index (χ4v) is 1.97. The van der Waals surface area contributed by atoms with Crippen molar-refractivity contribution in [3.63, 3.8) is 0 Å². The van der Waals surface area contributed by atoms with Crippen molar-refractivity contribution >= 4 is 11.9 Å². The first kappa shape index (κ1) is 20.2. The van der Waals surface area contributed by atoms with Crippen LogP contribution in [0.4, 0.5) is 0 Å². The van der Waals surface area contributed by atoms with E-state index in [0.29, 0.717) is 12.8 Å². The van der Waals surface area contributed by atoms with E-state index in [1.807, 2.05) is 0 Å². The van der Waals surface area contributed by atoms with Crippen molar-refractivity contribution in [1.29, 1.82) is 0 Å². The number of unbranched alkanes of at least 4 members (excludes halogenated alkanes) is 9. The normalized spacial score (nSPS) is 9.89. The third-order valence-corrected chi connectivity index (χ3v) is 3.03. The summed E-state index contributed by atoms with van der Waals surface area (Å²) < 4.78 is 0.